The molecule has 1 rings (SSSR count). The van der Waals surface area contributed by atoms with Gasteiger partial charge in [0.05, 0.1) is 5.02 Å². The van der Waals surface area contributed by atoms with Crippen LogP contribution < -0.4 is 5.32 Å². The van der Waals surface area contributed by atoms with Crippen molar-refractivity contribution in [3.8, 4) is 0 Å². The molecular formula is C17H30ClN3. The van der Waals surface area contributed by atoms with Crippen molar-refractivity contribution in [2.45, 2.75) is 59.0 Å². The van der Waals surface area contributed by atoms with Crippen molar-refractivity contribution in [2.24, 2.45) is 0 Å². The molecule has 4 heteroatoms. The van der Waals surface area contributed by atoms with Crippen LogP contribution in [0.15, 0.2) is 18.5 Å². The number of halogens is 1. The van der Waals surface area contributed by atoms with Gasteiger partial charge in [0.25, 0.3) is 0 Å². The molecule has 1 aromatic heterocycles. The average Bonchev–Trinajstić information content (AvgIpc) is 2.46. The summed E-state index contributed by atoms with van der Waals surface area (Å²) in [5, 5.41) is 4.47. The van der Waals surface area contributed by atoms with Gasteiger partial charge >= 0.3 is 0 Å². The first-order valence-corrected chi connectivity index (χ1v) is 8.41. The van der Waals surface area contributed by atoms with Gasteiger partial charge in [0.15, 0.2) is 0 Å². The summed E-state index contributed by atoms with van der Waals surface area (Å²) in [6.07, 6.45) is 5.61. The van der Waals surface area contributed by atoms with Crippen molar-refractivity contribution < 1.29 is 0 Å². The number of rotatable bonds is 9. The third-order valence-corrected chi connectivity index (χ3v) is 4.69. The Hall–Kier alpha value is -0.640. The van der Waals surface area contributed by atoms with Gasteiger partial charge in [-0.05, 0) is 58.0 Å². The largest absolute Gasteiger partial charge is 0.312 e. The number of pyridine rings is 1. The molecule has 0 amide bonds. The predicted molar refractivity (Wildman–Crippen MR) is 92.0 cm³/mol. The van der Waals surface area contributed by atoms with Crippen molar-refractivity contribution in [1.29, 1.82) is 0 Å². The van der Waals surface area contributed by atoms with Gasteiger partial charge in [-0.3, -0.25) is 9.88 Å². The molecule has 1 heterocycles. The van der Waals surface area contributed by atoms with Crippen LogP contribution in [0, 0.1) is 0 Å². The molecule has 0 fully saturated rings. The van der Waals surface area contributed by atoms with Crippen LogP contribution >= 0.6 is 11.6 Å². The van der Waals surface area contributed by atoms with Crippen LogP contribution in [0.25, 0.3) is 0 Å². The first-order chi connectivity index (χ1) is 9.97. The van der Waals surface area contributed by atoms with Crippen LogP contribution in [0.3, 0.4) is 0 Å². The zero-order valence-corrected chi connectivity index (χ0v) is 14.9. The van der Waals surface area contributed by atoms with Gasteiger partial charge in [-0.25, -0.2) is 0 Å². The highest BCUT2D eigenvalue weighted by Gasteiger charge is 2.33. The molecule has 1 N–H and O–H groups in total. The van der Waals surface area contributed by atoms with Crippen LogP contribution in [-0.4, -0.2) is 41.1 Å². The summed E-state index contributed by atoms with van der Waals surface area (Å²) >= 11 is 6.30. The highest BCUT2D eigenvalue weighted by atomic mass is 35.5. The monoisotopic (exact) mass is 311 g/mol. The maximum atomic E-state index is 6.30. The van der Waals surface area contributed by atoms with Gasteiger partial charge in [-0.2, -0.15) is 0 Å². The third-order valence-electron chi connectivity index (χ3n) is 4.35. The average molecular weight is 312 g/mol. The number of hydrogen-bond donors (Lipinski definition) is 1. The molecule has 0 radical (unpaired) electrons. The molecule has 1 aromatic rings. The summed E-state index contributed by atoms with van der Waals surface area (Å²) in [6, 6.07) is 2.39. The Balaban J connectivity index is 2.96. The van der Waals surface area contributed by atoms with Gasteiger partial charge in [-0.15, -0.1) is 0 Å². The molecule has 1 unspecified atom stereocenters. The first kappa shape index (κ1) is 18.4. The fourth-order valence-corrected chi connectivity index (χ4v) is 3.14. The lowest BCUT2D eigenvalue weighted by Crippen LogP contribution is -2.58. The van der Waals surface area contributed by atoms with Gasteiger partial charge < -0.3 is 5.32 Å². The molecule has 0 saturated heterocycles. The molecular weight excluding hydrogens is 282 g/mol. The summed E-state index contributed by atoms with van der Waals surface area (Å²) in [5.41, 5.74) is 1.24. The fourth-order valence-electron chi connectivity index (χ4n) is 2.94. The van der Waals surface area contributed by atoms with Crippen molar-refractivity contribution >= 4 is 11.6 Å². The normalized spacial score (nSPS) is 13.7. The fraction of sp³-hybridized carbons (Fsp3) is 0.706. The Morgan fingerprint density at radius 3 is 2.48 bits per heavy atom. The predicted octanol–water partition coefficient (Wildman–Crippen LogP) is 3.77. The smallest absolute Gasteiger partial charge is 0.0621 e. The summed E-state index contributed by atoms with van der Waals surface area (Å²) in [6.45, 7) is 14.4. The van der Waals surface area contributed by atoms with Crippen LogP contribution in [0.4, 0.5) is 0 Å². The van der Waals surface area contributed by atoms with E-state index in [1.54, 1.807) is 6.20 Å². The lowest BCUT2D eigenvalue weighted by molar-refractivity contribution is 0.0911. The van der Waals surface area contributed by atoms with E-state index in [9.17, 15) is 0 Å². The van der Waals surface area contributed by atoms with E-state index in [0.717, 1.165) is 37.5 Å². The second-order valence-corrected chi connectivity index (χ2v) is 6.41. The standard InChI is InChI=1S/C17H30ClN3/c1-6-10-20-16(17(4,5)21(7-2)8-3)12-14-9-11-19-13-15(14)18/h9,11,13,16,20H,6-8,10,12H2,1-5H3. The minimum absolute atomic E-state index is 0.0747. The number of aromatic nitrogens is 1. The van der Waals surface area contributed by atoms with E-state index in [0.29, 0.717) is 6.04 Å². The van der Waals surface area contributed by atoms with Crippen molar-refractivity contribution in [2.75, 3.05) is 19.6 Å². The SMILES string of the molecule is CCCNC(Cc1ccncc1Cl)C(C)(C)N(CC)CC. The quantitative estimate of drug-likeness (QED) is 0.752. The van der Waals surface area contributed by atoms with E-state index in [4.69, 9.17) is 11.6 Å². The van der Waals surface area contributed by atoms with E-state index >= 15 is 0 Å². The van der Waals surface area contributed by atoms with E-state index in [2.05, 4.69) is 49.8 Å². The summed E-state index contributed by atoms with van der Waals surface area (Å²) in [4.78, 5) is 6.59. The molecule has 3 nitrogen and oxygen atoms in total. The number of nitrogens with zero attached hydrogens (tertiary/aromatic N) is 2. The van der Waals surface area contributed by atoms with Gasteiger partial charge in [0, 0.05) is 24.0 Å². The molecule has 0 aliphatic carbocycles. The topological polar surface area (TPSA) is 28.2 Å². The maximum absolute atomic E-state index is 6.30. The molecule has 0 spiro atoms. The molecule has 1 atom stereocenters. The Morgan fingerprint density at radius 2 is 1.95 bits per heavy atom. The molecule has 0 aromatic carbocycles. The van der Waals surface area contributed by atoms with Crippen LogP contribution in [0.1, 0.15) is 46.6 Å². The minimum Gasteiger partial charge on any atom is -0.312 e. The van der Waals surface area contributed by atoms with Crippen LogP contribution in [0.2, 0.25) is 5.02 Å². The van der Waals surface area contributed by atoms with Crippen LogP contribution in [0.5, 0.6) is 0 Å². The lowest BCUT2D eigenvalue weighted by Gasteiger charge is -2.44. The first-order valence-electron chi connectivity index (χ1n) is 8.04. The summed E-state index contributed by atoms with van der Waals surface area (Å²) < 4.78 is 0. The Labute approximate surface area is 135 Å². The molecule has 120 valence electrons. The second kappa shape index (κ2) is 8.72. The molecule has 0 aliphatic rings. The third kappa shape index (κ3) is 4.94. The minimum atomic E-state index is 0.0747. The maximum Gasteiger partial charge on any atom is 0.0621 e. The highest BCUT2D eigenvalue weighted by molar-refractivity contribution is 6.31. The summed E-state index contributed by atoms with van der Waals surface area (Å²) in [7, 11) is 0. The number of nitrogens with one attached hydrogen (secondary N) is 1. The van der Waals surface area contributed by atoms with E-state index in [1.165, 1.54) is 5.56 Å². The zero-order valence-electron chi connectivity index (χ0n) is 14.1. The van der Waals surface area contributed by atoms with E-state index < -0.39 is 0 Å². The highest BCUT2D eigenvalue weighted by Crippen LogP contribution is 2.24. The van der Waals surface area contributed by atoms with Crippen molar-refractivity contribution in [1.82, 2.24) is 15.2 Å². The van der Waals surface area contributed by atoms with Crippen molar-refractivity contribution in [3.63, 3.8) is 0 Å². The summed E-state index contributed by atoms with van der Waals surface area (Å²) in [5.74, 6) is 0. The van der Waals surface area contributed by atoms with E-state index in [1.807, 2.05) is 12.3 Å². The second-order valence-electron chi connectivity index (χ2n) is 6.00. The molecule has 0 saturated carbocycles. The molecule has 0 aliphatic heterocycles. The van der Waals surface area contributed by atoms with Gasteiger partial charge in [0.2, 0.25) is 0 Å². The number of likely N-dealkylation sites (N-methyl/N-ethyl adjacent to an activating group) is 1. The van der Waals surface area contributed by atoms with Gasteiger partial charge in [0.1, 0.15) is 0 Å². The number of hydrogen-bond acceptors (Lipinski definition) is 3. The lowest BCUT2D eigenvalue weighted by atomic mass is 9.87. The van der Waals surface area contributed by atoms with Gasteiger partial charge in [-0.1, -0.05) is 32.4 Å². The molecule has 21 heavy (non-hydrogen) atoms. The zero-order chi connectivity index (χ0) is 15.9. The van der Waals surface area contributed by atoms with Crippen LogP contribution in [-0.2, 0) is 6.42 Å². The molecule has 0 bridgehead atoms. The Kier molecular flexibility index (Phi) is 7.64. The Bertz CT molecular complexity index is 416. The Morgan fingerprint density at radius 1 is 1.29 bits per heavy atom. The van der Waals surface area contributed by atoms with Crippen molar-refractivity contribution in [3.05, 3.63) is 29.0 Å². The van der Waals surface area contributed by atoms with E-state index in [-0.39, 0.29) is 5.54 Å².